The van der Waals surface area contributed by atoms with Crippen molar-refractivity contribution in [3.05, 3.63) is 35.4 Å². The number of Topliss-reactive ketones (excluding diaryl/α,β-unsaturated/α-hetero) is 1. The number of carbonyl (C=O) groups is 1. The lowest BCUT2D eigenvalue weighted by Gasteiger charge is -2.24. The maximum absolute atomic E-state index is 12.1. The highest BCUT2D eigenvalue weighted by Gasteiger charge is 2.25. The van der Waals surface area contributed by atoms with Crippen molar-refractivity contribution < 1.29 is 4.79 Å². The van der Waals surface area contributed by atoms with Crippen molar-refractivity contribution in [3.8, 4) is 0 Å². The molecule has 0 aliphatic rings. The Morgan fingerprint density at radius 1 is 1.38 bits per heavy atom. The van der Waals surface area contributed by atoms with Crippen LogP contribution in [0.15, 0.2) is 24.3 Å². The van der Waals surface area contributed by atoms with Gasteiger partial charge in [-0.3, -0.25) is 4.79 Å². The summed E-state index contributed by atoms with van der Waals surface area (Å²) in [7, 11) is 0. The number of likely N-dealkylation sites (N-methyl/N-ethyl adjacent to an activating group) is 1. The van der Waals surface area contributed by atoms with Crippen LogP contribution in [0.1, 0.15) is 31.9 Å². The van der Waals surface area contributed by atoms with Crippen molar-refractivity contribution >= 4 is 5.78 Å². The fraction of sp³-hybridized carbons (Fsp3) is 0.500. The Morgan fingerprint density at radius 2 is 2.06 bits per heavy atom. The summed E-state index contributed by atoms with van der Waals surface area (Å²) in [5.74, 6) is 0.236. The van der Waals surface area contributed by atoms with Crippen LogP contribution in [0.4, 0.5) is 0 Å². The molecule has 2 nitrogen and oxygen atoms in total. The molecule has 16 heavy (non-hydrogen) atoms. The third-order valence-electron chi connectivity index (χ3n) is 2.76. The number of carbonyl (C=O) groups excluding carboxylic acids is 1. The van der Waals surface area contributed by atoms with Gasteiger partial charge in [0.2, 0.25) is 0 Å². The van der Waals surface area contributed by atoms with Crippen LogP contribution in [0.25, 0.3) is 0 Å². The van der Waals surface area contributed by atoms with E-state index in [1.165, 1.54) is 5.56 Å². The number of nitrogens with one attached hydrogen (secondary N) is 1. The van der Waals surface area contributed by atoms with Gasteiger partial charge in [-0.05, 0) is 32.9 Å². The van der Waals surface area contributed by atoms with Crippen molar-refractivity contribution in [2.24, 2.45) is 0 Å². The SMILES string of the molecule is CCNC(C)(C)C(=O)Cc1cccc(C)c1. The molecule has 1 rings (SSSR count). The van der Waals surface area contributed by atoms with Gasteiger partial charge in [-0.25, -0.2) is 0 Å². The summed E-state index contributed by atoms with van der Waals surface area (Å²) >= 11 is 0. The summed E-state index contributed by atoms with van der Waals surface area (Å²) in [6.45, 7) is 8.75. The second kappa shape index (κ2) is 5.26. The van der Waals surface area contributed by atoms with Gasteiger partial charge in [-0.1, -0.05) is 36.8 Å². The minimum absolute atomic E-state index is 0.236. The number of benzene rings is 1. The zero-order chi connectivity index (χ0) is 12.2. The third-order valence-corrected chi connectivity index (χ3v) is 2.76. The van der Waals surface area contributed by atoms with Gasteiger partial charge in [0.15, 0.2) is 5.78 Å². The monoisotopic (exact) mass is 219 g/mol. The maximum Gasteiger partial charge on any atom is 0.156 e. The molecule has 1 aromatic rings. The zero-order valence-electron chi connectivity index (χ0n) is 10.6. The van der Waals surface area contributed by atoms with E-state index in [2.05, 4.69) is 11.4 Å². The smallest absolute Gasteiger partial charge is 0.156 e. The first kappa shape index (κ1) is 12.9. The van der Waals surface area contributed by atoms with Gasteiger partial charge in [0.25, 0.3) is 0 Å². The van der Waals surface area contributed by atoms with Crippen LogP contribution in [0.2, 0.25) is 0 Å². The molecule has 1 aromatic carbocycles. The molecular formula is C14H21NO. The highest BCUT2D eigenvalue weighted by molar-refractivity contribution is 5.89. The Bertz CT molecular complexity index is 369. The van der Waals surface area contributed by atoms with Crippen molar-refractivity contribution in [1.82, 2.24) is 5.32 Å². The lowest BCUT2D eigenvalue weighted by atomic mass is 9.93. The second-order valence-corrected chi connectivity index (χ2v) is 4.74. The van der Waals surface area contributed by atoms with Gasteiger partial charge in [0.05, 0.1) is 5.54 Å². The molecule has 1 N–H and O–H groups in total. The molecule has 0 unspecified atom stereocenters. The molecule has 0 aliphatic heterocycles. The summed E-state index contributed by atoms with van der Waals surface area (Å²) in [5.41, 5.74) is 1.86. The van der Waals surface area contributed by atoms with Gasteiger partial charge in [0, 0.05) is 6.42 Å². The highest BCUT2D eigenvalue weighted by atomic mass is 16.1. The molecule has 0 bridgehead atoms. The molecule has 0 aliphatic carbocycles. The molecular weight excluding hydrogens is 198 g/mol. The fourth-order valence-electron chi connectivity index (χ4n) is 1.77. The number of ketones is 1. The van der Waals surface area contributed by atoms with Crippen molar-refractivity contribution in [2.45, 2.75) is 39.7 Å². The van der Waals surface area contributed by atoms with Crippen molar-refractivity contribution in [1.29, 1.82) is 0 Å². The van der Waals surface area contributed by atoms with Gasteiger partial charge < -0.3 is 5.32 Å². The Morgan fingerprint density at radius 3 is 2.62 bits per heavy atom. The minimum Gasteiger partial charge on any atom is -0.306 e. The normalized spacial score (nSPS) is 11.5. The van der Waals surface area contributed by atoms with Crippen LogP contribution in [0.3, 0.4) is 0 Å². The zero-order valence-corrected chi connectivity index (χ0v) is 10.6. The van der Waals surface area contributed by atoms with Crippen molar-refractivity contribution in [3.63, 3.8) is 0 Å². The molecule has 0 fully saturated rings. The van der Waals surface area contributed by atoms with Crippen LogP contribution in [0, 0.1) is 6.92 Å². The second-order valence-electron chi connectivity index (χ2n) is 4.74. The van der Waals surface area contributed by atoms with Crippen LogP contribution in [-0.2, 0) is 11.2 Å². The first-order valence-corrected chi connectivity index (χ1v) is 5.79. The van der Waals surface area contributed by atoms with E-state index in [9.17, 15) is 4.79 Å². The Balaban J connectivity index is 2.71. The number of hydrogen-bond acceptors (Lipinski definition) is 2. The summed E-state index contributed by atoms with van der Waals surface area (Å²) in [6.07, 6.45) is 0.502. The molecule has 0 saturated carbocycles. The van der Waals surface area contributed by atoms with E-state index in [4.69, 9.17) is 0 Å². The first-order chi connectivity index (χ1) is 7.45. The van der Waals surface area contributed by atoms with Crippen molar-refractivity contribution in [2.75, 3.05) is 6.54 Å². The molecule has 0 radical (unpaired) electrons. The summed E-state index contributed by atoms with van der Waals surface area (Å²) in [5, 5.41) is 3.21. The standard InChI is InChI=1S/C14H21NO/c1-5-15-14(3,4)13(16)10-12-8-6-7-11(2)9-12/h6-9,15H,5,10H2,1-4H3. The summed E-state index contributed by atoms with van der Waals surface area (Å²) < 4.78 is 0. The Labute approximate surface area is 98.1 Å². The van der Waals surface area contributed by atoms with Crippen LogP contribution in [-0.4, -0.2) is 17.9 Å². The topological polar surface area (TPSA) is 29.1 Å². The van der Waals surface area contributed by atoms with Crippen LogP contribution in [0.5, 0.6) is 0 Å². The van der Waals surface area contributed by atoms with E-state index >= 15 is 0 Å². The summed E-state index contributed by atoms with van der Waals surface area (Å²) in [6, 6.07) is 8.12. The number of aryl methyl sites for hydroxylation is 1. The van der Waals surface area contributed by atoms with E-state index in [1.807, 2.05) is 45.9 Å². The van der Waals surface area contributed by atoms with E-state index in [0.717, 1.165) is 12.1 Å². The lowest BCUT2D eigenvalue weighted by Crippen LogP contribution is -2.47. The molecule has 0 atom stereocenters. The van der Waals surface area contributed by atoms with Gasteiger partial charge in [-0.15, -0.1) is 0 Å². The van der Waals surface area contributed by atoms with Gasteiger partial charge >= 0.3 is 0 Å². The fourth-order valence-corrected chi connectivity index (χ4v) is 1.77. The van der Waals surface area contributed by atoms with Gasteiger partial charge in [0.1, 0.15) is 0 Å². The molecule has 0 amide bonds. The van der Waals surface area contributed by atoms with E-state index < -0.39 is 5.54 Å². The molecule has 0 heterocycles. The number of hydrogen-bond donors (Lipinski definition) is 1. The lowest BCUT2D eigenvalue weighted by molar-refractivity contribution is -0.123. The predicted octanol–water partition coefficient (Wildman–Crippen LogP) is 2.49. The Kier molecular flexibility index (Phi) is 4.25. The van der Waals surface area contributed by atoms with Gasteiger partial charge in [-0.2, -0.15) is 0 Å². The van der Waals surface area contributed by atoms with Crippen LogP contribution < -0.4 is 5.32 Å². The third kappa shape index (κ3) is 3.46. The van der Waals surface area contributed by atoms with E-state index in [-0.39, 0.29) is 5.78 Å². The molecule has 0 aromatic heterocycles. The van der Waals surface area contributed by atoms with Crippen LogP contribution >= 0.6 is 0 Å². The Hall–Kier alpha value is -1.15. The average Bonchev–Trinajstić information content (AvgIpc) is 2.17. The number of rotatable bonds is 5. The highest BCUT2D eigenvalue weighted by Crippen LogP contribution is 2.11. The van der Waals surface area contributed by atoms with E-state index in [0.29, 0.717) is 6.42 Å². The largest absolute Gasteiger partial charge is 0.306 e. The predicted molar refractivity (Wildman–Crippen MR) is 67.6 cm³/mol. The molecule has 2 heteroatoms. The molecule has 88 valence electrons. The molecule has 0 saturated heterocycles. The van der Waals surface area contributed by atoms with E-state index in [1.54, 1.807) is 0 Å². The quantitative estimate of drug-likeness (QED) is 0.824. The first-order valence-electron chi connectivity index (χ1n) is 5.79. The average molecular weight is 219 g/mol. The minimum atomic E-state index is -0.432. The summed E-state index contributed by atoms with van der Waals surface area (Å²) in [4.78, 5) is 12.1. The maximum atomic E-state index is 12.1. The molecule has 0 spiro atoms.